The van der Waals surface area contributed by atoms with Gasteiger partial charge in [-0.15, -0.1) is 0 Å². The normalized spacial score (nSPS) is 16.7. The summed E-state index contributed by atoms with van der Waals surface area (Å²) in [5.41, 5.74) is 1.87. The van der Waals surface area contributed by atoms with Gasteiger partial charge in [0, 0.05) is 32.3 Å². The molecule has 0 bridgehead atoms. The molecule has 0 aliphatic carbocycles. The molecule has 7 nitrogen and oxygen atoms in total. The maximum atomic E-state index is 12.6. The molecule has 2 aromatic heterocycles. The summed E-state index contributed by atoms with van der Waals surface area (Å²) in [4.78, 5) is 18.9. The van der Waals surface area contributed by atoms with Gasteiger partial charge in [-0.05, 0) is 37.6 Å². The topological polar surface area (TPSA) is 73.4 Å². The van der Waals surface area contributed by atoms with Crippen molar-refractivity contribution in [3.8, 4) is 5.75 Å². The number of benzene rings is 1. The molecule has 1 saturated heterocycles. The number of carbonyl (C=O) groups is 1. The number of aromatic nitrogens is 3. The number of nitrogens with zero attached hydrogens (tertiary/aromatic N) is 4. The fraction of sp³-hybridized carbons (Fsp3) is 0.350. The van der Waals surface area contributed by atoms with Crippen molar-refractivity contribution in [2.45, 2.75) is 25.9 Å². The van der Waals surface area contributed by atoms with Crippen molar-refractivity contribution in [2.75, 3.05) is 13.1 Å². The number of aryl methyl sites for hydroxylation is 2. The van der Waals surface area contributed by atoms with Gasteiger partial charge in [-0.2, -0.15) is 4.98 Å². The molecule has 3 aromatic rings. The van der Waals surface area contributed by atoms with Crippen LogP contribution in [0.15, 0.2) is 47.1 Å². The first-order valence-corrected chi connectivity index (χ1v) is 9.02. The minimum absolute atomic E-state index is 0.0384. The molecule has 1 aliphatic rings. The Hall–Kier alpha value is -3.09. The third-order valence-electron chi connectivity index (χ3n) is 4.87. The molecule has 1 aromatic carbocycles. The Kier molecular flexibility index (Phi) is 4.66. The standard InChI is InChI=1S/C20H22N4O3/c1-14-5-7-16(8-6-14)26-13-18-21-19(22-27-18)15-9-11-24(12-15)20(25)17-4-3-10-23(17)2/h3-8,10,15H,9,11-13H2,1-2H3. The lowest BCUT2D eigenvalue weighted by Crippen LogP contribution is -2.30. The maximum absolute atomic E-state index is 12.6. The van der Waals surface area contributed by atoms with E-state index in [9.17, 15) is 4.79 Å². The highest BCUT2D eigenvalue weighted by molar-refractivity contribution is 5.93. The van der Waals surface area contributed by atoms with Gasteiger partial charge in [-0.3, -0.25) is 4.79 Å². The van der Waals surface area contributed by atoms with Crippen LogP contribution in [0.4, 0.5) is 0 Å². The third-order valence-corrected chi connectivity index (χ3v) is 4.87. The summed E-state index contributed by atoms with van der Waals surface area (Å²) >= 11 is 0. The lowest BCUT2D eigenvalue weighted by atomic mass is 10.1. The molecule has 3 heterocycles. The fourth-order valence-corrected chi connectivity index (χ4v) is 3.27. The highest BCUT2D eigenvalue weighted by atomic mass is 16.5. The summed E-state index contributed by atoms with van der Waals surface area (Å²) in [5, 5.41) is 4.09. The van der Waals surface area contributed by atoms with E-state index in [1.807, 2.05) is 66.0 Å². The van der Waals surface area contributed by atoms with Crippen molar-refractivity contribution in [2.24, 2.45) is 7.05 Å². The second-order valence-electron chi connectivity index (χ2n) is 6.89. The zero-order valence-electron chi connectivity index (χ0n) is 15.5. The van der Waals surface area contributed by atoms with E-state index in [0.29, 0.717) is 30.5 Å². The van der Waals surface area contributed by atoms with Crippen molar-refractivity contribution in [1.82, 2.24) is 19.6 Å². The van der Waals surface area contributed by atoms with Crippen LogP contribution in [0.1, 0.15) is 40.1 Å². The quantitative estimate of drug-likeness (QED) is 0.694. The lowest BCUT2D eigenvalue weighted by molar-refractivity contribution is 0.0781. The van der Waals surface area contributed by atoms with E-state index < -0.39 is 0 Å². The number of hydrogen-bond donors (Lipinski definition) is 0. The van der Waals surface area contributed by atoms with Crippen LogP contribution < -0.4 is 4.74 Å². The zero-order valence-corrected chi connectivity index (χ0v) is 15.5. The molecule has 0 spiro atoms. The maximum Gasteiger partial charge on any atom is 0.270 e. The first-order valence-electron chi connectivity index (χ1n) is 9.02. The Balaban J connectivity index is 1.35. The van der Waals surface area contributed by atoms with E-state index in [0.717, 1.165) is 12.2 Å². The summed E-state index contributed by atoms with van der Waals surface area (Å²) in [7, 11) is 1.88. The lowest BCUT2D eigenvalue weighted by Gasteiger charge is -2.16. The number of likely N-dealkylation sites (tertiary alicyclic amines) is 1. The number of hydrogen-bond acceptors (Lipinski definition) is 5. The number of ether oxygens (including phenoxy) is 1. The van der Waals surface area contributed by atoms with Crippen LogP contribution in [-0.2, 0) is 13.7 Å². The van der Waals surface area contributed by atoms with Crippen molar-refractivity contribution >= 4 is 5.91 Å². The number of rotatable bonds is 5. The van der Waals surface area contributed by atoms with E-state index in [1.165, 1.54) is 5.56 Å². The molecule has 0 N–H and O–H groups in total. The average Bonchev–Trinajstić information content (AvgIpc) is 3.41. The van der Waals surface area contributed by atoms with Crippen molar-refractivity contribution in [1.29, 1.82) is 0 Å². The van der Waals surface area contributed by atoms with Gasteiger partial charge in [0.15, 0.2) is 12.4 Å². The molecule has 1 aliphatic heterocycles. The molecular formula is C20H22N4O3. The van der Waals surface area contributed by atoms with Gasteiger partial charge in [-0.1, -0.05) is 22.9 Å². The molecule has 0 saturated carbocycles. The van der Waals surface area contributed by atoms with E-state index in [1.54, 1.807) is 0 Å². The molecule has 1 atom stereocenters. The van der Waals surface area contributed by atoms with Gasteiger partial charge in [-0.25, -0.2) is 0 Å². The van der Waals surface area contributed by atoms with Gasteiger partial charge in [0.25, 0.3) is 11.8 Å². The Morgan fingerprint density at radius 3 is 2.85 bits per heavy atom. The average molecular weight is 366 g/mol. The fourth-order valence-electron chi connectivity index (χ4n) is 3.27. The summed E-state index contributed by atoms with van der Waals surface area (Å²) in [6.45, 7) is 3.55. The molecule has 1 amide bonds. The first kappa shape index (κ1) is 17.3. The summed E-state index contributed by atoms with van der Waals surface area (Å²) in [6, 6.07) is 11.5. The Bertz CT molecular complexity index is 929. The van der Waals surface area contributed by atoms with Gasteiger partial charge < -0.3 is 18.7 Å². The Morgan fingerprint density at radius 2 is 2.11 bits per heavy atom. The van der Waals surface area contributed by atoms with Crippen LogP contribution >= 0.6 is 0 Å². The van der Waals surface area contributed by atoms with E-state index >= 15 is 0 Å². The molecular weight excluding hydrogens is 344 g/mol. The molecule has 140 valence electrons. The van der Waals surface area contributed by atoms with Crippen LogP contribution in [0.25, 0.3) is 0 Å². The molecule has 7 heteroatoms. The smallest absolute Gasteiger partial charge is 0.270 e. The Morgan fingerprint density at radius 1 is 1.30 bits per heavy atom. The first-order chi connectivity index (χ1) is 13.1. The number of carbonyl (C=O) groups excluding carboxylic acids is 1. The van der Waals surface area contributed by atoms with Gasteiger partial charge in [0.1, 0.15) is 11.4 Å². The van der Waals surface area contributed by atoms with Crippen LogP contribution in [-0.4, -0.2) is 38.6 Å². The van der Waals surface area contributed by atoms with Crippen molar-refractivity contribution in [3.05, 3.63) is 65.6 Å². The molecule has 0 radical (unpaired) electrons. The molecule has 1 fully saturated rings. The van der Waals surface area contributed by atoms with Crippen LogP contribution in [0.3, 0.4) is 0 Å². The van der Waals surface area contributed by atoms with Gasteiger partial charge in [0.05, 0.1) is 0 Å². The van der Waals surface area contributed by atoms with E-state index in [2.05, 4.69) is 10.1 Å². The van der Waals surface area contributed by atoms with Crippen molar-refractivity contribution in [3.63, 3.8) is 0 Å². The second kappa shape index (κ2) is 7.26. The molecule has 27 heavy (non-hydrogen) atoms. The van der Waals surface area contributed by atoms with Crippen LogP contribution in [0, 0.1) is 6.92 Å². The van der Waals surface area contributed by atoms with Gasteiger partial charge >= 0.3 is 0 Å². The highest BCUT2D eigenvalue weighted by Crippen LogP contribution is 2.26. The summed E-state index contributed by atoms with van der Waals surface area (Å²) < 4.78 is 12.8. The number of amides is 1. The predicted molar refractivity (Wildman–Crippen MR) is 98.5 cm³/mol. The zero-order chi connectivity index (χ0) is 18.8. The van der Waals surface area contributed by atoms with Crippen LogP contribution in [0.2, 0.25) is 0 Å². The predicted octanol–water partition coefficient (Wildman–Crippen LogP) is 2.93. The molecule has 4 rings (SSSR count). The minimum Gasteiger partial charge on any atom is -0.484 e. The second-order valence-corrected chi connectivity index (χ2v) is 6.89. The minimum atomic E-state index is 0.0384. The van der Waals surface area contributed by atoms with Crippen LogP contribution in [0.5, 0.6) is 5.75 Å². The monoisotopic (exact) mass is 366 g/mol. The SMILES string of the molecule is Cc1ccc(OCc2nc(C3CCN(C(=O)c4cccn4C)C3)no2)cc1. The van der Waals surface area contributed by atoms with E-state index in [-0.39, 0.29) is 18.4 Å². The van der Waals surface area contributed by atoms with Gasteiger partial charge in [0.2, 0.25) is 0 Å². The van der Waals surface area contributed by atoms with Crippen molar-refractivity contribution < 1.29 is 14.1 Å². The third kappa shape index (κ3) is 3.72. The Labute approximate surface area is 157 Å². The molecule has 1 unspecified atom stereocenters. The summed E-state index contributed by atoms with van der Waals surface area (Å²) in [6.07, 6.45) is 2.70. The largest absolute Gasteiger partial charge is 0.484 e. The van der Waals surface area contributed by atoms with E-state index in [4.69, 9.17) is 9.26 Å². The highest BCUT2D eigenvalue weighted by Gasteiger charge is 2.31. The summed E-state index contributed by atoms with van der Waals surface area (Å²) in [5.74, 6) is 1.97.